The summed E-state index contributed by atoms with van der Waals surface area (Å²) in [5, 5.41) is 1.15. The van der Waals surface area contributed by atoms with Gasteiger partial charge in [-0.1, -0.05) is 31.0 Å². The van der Waals surface area contributed by atoms with Crippen molar-refractivity contribution in [2.75, 3.05) is 26.2 Å². The minimum atomic E-state index is -0.672. The molecule has 0 bridgehead atoms. The summed E-state index contributed by atoms with van der Waals surface area (Å²) in [6.45, 7) is 4.33. The van der Waals surface area contributed by atoms with Crippen LogP contribution in [0.25, 0.3) is 10.1 Å². The molecule has 2 aliphatic rings. The maximum Gasteiger partial charge on any atom is 0.264 e. The molecule has 1 aliphatic heterocycles. The van der Waals surface area contributed by atoms with E-state index in [4.69, 9.17) is 5.73 Å². The van der Waals surface area contributed by atoms with Gasteiger partial charge in [0.05, 0.1) is 10.4 Å². The van der Waals surface area contributed by atoms with Gasteiger partial charge in [0, 0.05) is 30.9 Å². The van der Waals surface area contributed by atoms with Gasteiger partial charge in [0.15, 0.2) is 0 Å². The molecule has 1 aliphatic carbocycles. The van der Waals surface area contributed by atoms with Crippen molar-refractivity contribution in [3.63, 3.8) is 0 Å². The maximum absolute atomic E-state index is 13.0. The van der Waals surface area contributed by atoms with Gasteiger partial charge >= 0.3 is 0 Å². The molecule has 27 heavy (non-hydrogen) atoms. The first-order valence-electron chi connectivity index (χ1n) is 9.35. The number of carbonyl (C=O) groups excluding carboxylic acids is 2. The van der Waals surface area contributed by atoms with Crippen LogP contribution in [-0.2, 0) is 4.79 Å². The van der Waals surface area contributed by atoms with Crippen molar-refractivity contribution in [3.8, 4) is 0 Å². The molecule has 5 nitrogen and oxygen atoms in total. The van der Waals surface area contributed by atoms with Gasteiger partial charge < -0.3 is 15.5 Å². The summed E-state index contributed by atoms with van der Waals surface area (Å²) in [5.74, 6) is 0.152. The van der Waals surface area contributed by atoms with E-state index in [0.29, 0.717) is 26.2 Å². The van der Waals surface area contributed by atoms with Gasteiger partial charge in [-0.05, 0) is 36.8 Å². The van der Waals surface area contributed by atoms with Crippen molar-refractivity contribution in [2.45, 2.75) is 38.1 Å². The van der Waals surface area contributed by atoms with Crippen LogP contribution in [0, 0.1) is 6.92 Å². The Kier molecular flexibility index (Phi) is 5.79. The lowest BCUT2D eigenvalue weighted by Crippen LogP contribution is -2.59. The Morgan fingerprint density at radius 2 is 1.63 bits per heavy atom. The highest BCUT2D eigenvalue weighted by molar-refractivity contribution is 7.21. The number of nitrogens with zero attached hydrogens (tertiary/aromatic N) is 2. The van der Waals surface area contributed by atoms with Crippen molar-refractivity contribution < 1.29 is 9.59 Å². The lowest BCUT2D eigenvalue weighted by molar-refractivity contribution is -0.138. The van der Waals surface area contributed by atoms with E-state index < -0.39 is 5.54 Å². The van der Waals surface area contributed by atoms with Crippen LogP contribution in [0.3, 0.4) is 0 Å². The van der Waals surface area contributed by atoms with Crippen molar-refractivity contribution in [3.05, 3.63) is 34.7 Å². The number of carbonyl (C=O) groups is 2. The number of fused-ring (bicyclic) bond motifs is 1. The highest BCUT2D eigenvalue weighted by Gasteiger charge is 2.41. The monoisotopic (exact) mass is 407 g/mol. The Hall–Kier alpha value is -1.63. The summed E-state index contributed by atoms with van der Waals surface area (Å²) in [6.07, 6.45) is 3.63. The fraction of sp³-hybridized carbons (Fsp3) is 0.500. The van der Waals surface area contributed by atoms with Crippen LogP contribution in [0.2, 0.25) is 0 Å². The van der Waals surface area contributed by atoms with Gasteiger partial charge in [-0.2, -0.15) is 0 Å². The van der Waals surface area contributed by atoms with Crippen LogP contribution >= 0.6 is 23.7 Å². The normalized spacial score (nSPS) is 19.2. The van der Waals surface area contributed by atoms with E-state index >= 15 is 0 Å². The summed E-state index contributed by atoms with van der Waals surface area (Å²) in [4.78, 5) is 30.3. The van der Waals surface area contributed by atoms with Crippen LogP contribution in [-0.4, -0.2) is 53.3 Å². The zero-order valence-corrected chi connectivity index (χ0v) is 17.2. The first-order valence-corrected chi connectivity index (χ1v) is 10.2. The van der Waals surface area contributed by atoms with Gasteiger partial charge in [0.2, 0.25) is 5.91 Å². The molecule has 0 spiro atoms. The number of aryl methyl sites for hydroxylation is 1. The molecule has 1 aromatic heterocycles. The fourth-order valence-corrected chi connectivity index (χ4v) is 5.35. The van der Waals surface area contributed by atoms with E-state index in [1.54, 1.807) is 11.3 Å². The number of amides is 2. The molecule has 1 saturated carbocycles. The van der Waals surface area contributed by atoms with Crippen LogP contribution < -0.4 is 5.73 Å². The number of benzene rings is 1. The largest absolute Gasteiger partial charge is 0.338 e. The molecular weight excluding hydrogens is 382 g/mol. The molecule has 1 saturated heterocycles. The molecule has 0 radical (unpaired) electrons. The van der Waals surface area contributed by atoms with Crippen LogP contribution in [0.1, 0.15) is 40.9 Å². The molecule has 146 valence electrons. The molecule has 2 N–H and O–H groups in total. The number of piperazine rings is 1. The molecule has 0 atom stereocenters. The second-order valence-electron chi connectivity index (χ2n) is 7.50. The molecule has 7 heteroatoms. The van der Waals surface area contributed by atoms with E-state index in [1.807, 2.05) is 28.9 Å². The number of thiophene rings is 1. The van der Waals surface area contributed by atoms with E-state index in [1.165, 1.54) is 0 Å². The Morgan fingerprint density at radius 3 is 2.26 bits per heavy atom. The van der Waals surface area contributed by atoms with E-state index in [-0.39, 0.29) is 24.2 Å². The topological polar surface area (TPSA) is 66.6 Å². The number of halogens is 1. The average Bonchev–Trinajstić information content (AvgIpc) is 3.26. The number of hydrogen-bond acceptors (Lipinski definition) is 4. The van der Waals surface area contributed by atoms with Gasteiger partial charge in [-0.3, -0.25) is 9.59 Å². The average molecular weight is 408 g/mol. The summed E-state index contributed by atoms with van der Waals surface area (Å²) >= 11 is 1.56. The Morgan fingerprint density at radius 1 is 1.04 bits per heavy atom. The third kappa shape index (κ3) is 3.58. The number of rotatable bonds is 2. The summed E-state index contributed by atoms with van der Waals surface area (Å²) in [6, 6.07) is 8.13. The Bertz CT molecular complexity index is 852. The van der Waals surface area contributed by atoms with Crippen molar-refractivity contribution in [1.82, 2.24) is 9.80 Å². The molecule has 2 amide bonds. The van der Waals surface area contributed by atoms with E-state index in [0.717, 1.165) is 46.2 Å². The molecule has 1 aromatic carbocycles. The quantitative estimate of drug-likeness (QED) is 0.831. The summed E-state index contributed by atoms with van der Waals surface area (Å²) in [7, 11) is 0. The molecular formula is C20H26ClN3O2S. The van der Waals surface area contributed by atoms with Crippen LogP contribution in [0.15, 0.2) is 24.3 Å². The molecule has 4 rings (SSSR count). The highest BCUT2D eigenvalue weighted by atomic mass is 35.5. The Labute approximate surface area is 169 Å². The second kappa shape index (κ2) is 7.78. The lowest BCUT2D eigenvalue weighted by atomic mass is 9.97. The maximum atomic E-state index is 13.0. The van der Waals surface area contributed by atoms with Crippen molar-refractivity contribution >= 4 is 45.6 Å². The predicted octanol–water partition coefficient (Wildman–Crippen LogP) is 3.19. The number of nitrogens with two attached hydrogens (primary N) is 1. The standard InChI is InChI=1S/C20H25N3O2S.ClH/c1-14-15-6-2-3-7-16(15)26-17(14)18(24)22-10-12-23(13-11-22)19(25)20(21)8-4-5-9-20;/h2-3,6-7H,4-5,8-13,21H2,1H3;1H. The second-order valence-corrected chi connectivity index (χ2v) is 8.55. The third-order valence-electron chi connectivity index (χ3n) is 5.81. The minimum absolute atomic E-state index is 0. The zero-order chi connectivity index (χ0) is 18.3. The first kappa shape index (κ1) is 20.1. The molecule has 2 aromatic rings. The van der Waals surface area contributed by atoms with Crippen molar-refractivity contribution in [2.24, 2.45) is 5.73 Å². The van der Waals surface area contributed by atoms with E-state index in [9.17, 15) is 9.59 Å². The summed E-state index contributed by atoms with van der Waals surface area (Å²) in [5.41, 5.74) is 6.70. The van der Waals surface area contributed by atoms with Gasteiger partial charge in [0.25, 0.3) is 5.91 Å². The van der Waals surface area contributed by atoms with Crippen molar-refractivity contribution in [1.29, 1.82) is 0 Å². The van der Waals surface area contributed by atoms with Gasteiger partial charge in [0.1, 0.15) is 0 Å². The smallest absolute Gasteiger partial charge is 0.264 e. The van der Waals surface area contributed by atoms with Crippen LogP contribution in [0.5, 0.6) is 0 Å². The lowest BCUT2D eigenvalue weighted by Gasteiger charge is -2.38. The molecule has 0 unspecified atom stereocenters. The summed E-state index contributed by atoms with van der Waals surface area (Å²) < 4.78 is 1.15. The third-order valence-corrected chi connectivity index (χ3v) is 7.07. The highest BCUT2D eigenvalue weighted by Crippen LogP contribution is 2.32. The number of hydrogen-bond donors (Lipinski definition) is 1. The first-order chi connectivity index (χ1) is 12.5. The SMILES string of the molecule is Cc1c(C(=O)N2CCN(C(=O)C3(N)CCCC3)CC2)sc2ccccc12.Cl. The Balaban J connectivity index is 0.00000210. The zero-order valence-electron chi connectivity index (χ0n) is 15.6. The minimum Gasteiger partial charge on any atom is -0.338 e. The molecule has 2 heterocycles. The predicted molar refractivity (Wildman–Crippen MR) is 112 cm³/mol. The molecule has 2 fully saturated rings. The van der Waals surface area contributed by atoms with E-state index in [2.05, 4.69) is 12.1 Å². The van der Waals surface area contributed by atoms with Gasteiger partial charge in [-0.15, -0.1) is 23.7 Å². The fourth-order valence-electron chi connectivity index (χ4n) is 4.17. The van der Waals surface area contributed by atoms with Crippen LogP contribution in [0.4, 0.5) is 0 Å². The van der Waals surface area contributed by atoms with Gasteiger partial charge in [-0.25, -0.2) is 0 Å².